The molecular weight excluding hydrogens is 325 g/mol. The average Bonchev–Trinajstić information content (AvgIpc) is 2.46. The van der Waals surface area contributed by atoms with Crippen molar-refractivity contribution in [1.29, 1.82) is 0 Å². The summed E-state index contributed by atoms with van der Waals surface area (Å²) in [6.45, 7) is 2.05. The number of allylic oxidation sites excluding steroid dienone is 4. The fourth-order valence-electron chi connectivity index (χ4n) is 2.53. The Balaban J connectivity index is 2.18. The van der Waals surface area contributed by atoms with Crippen LogP contribution in [0.4, 0.5) is 3.89 Å². The average molecular weight is 338 g/mol. The maximum Gasteiger partial charge on any atom is 0.332 e. The zero-order chi connectivity index (χ0) is 16.0. The van der Waals surface area contributed by atoms with Gasteiger partial charge in [0.15, 0.2) is 0 Å². The van der Waals surface area contributed by atoms with Gasteiger partial charge >= 0.3 is 10.2 Å². The molecule has 1 aromatic carbocycles. The minimum absolute atomic E-state index is 0.266. The molecule has 0 fully saturated rings. The molecule has 0 aliphatic heterocycles. The van der Waals surface area contributed by atoms with Crippen molar-refractivity contribution in [3.8, 4) is 0 Å². The molecule has 0 saturated carbocycles. The molecule has 1 aliphatic carbocycles. The van der Waals surface area contributed by atoms with Gasteiger partial charge in [0.1, 0.15) is 0 Å². The number of hydrogen-bond acceptors (Lipinski definition) is 3. The summed E-state index contributed by atoms with van der Waals surface area (Å²) < 4.78 is 35.1. The minimum atomic E-state index is -4.76. The molecule has 3 nitrogen and oxygen atoms in total. The maximum atomic E-state index is 13.1. The van der Waals surface area contributed by atoms with Crippen molar-refractivity contribution in [2.45, 2.75) is 23.7 Å². The molecule has 2 aromatic rings. The van der Waals surface area contributed by atoms with Gasteiger partial charge in [-0.25, -0.2) is 0 Å². The van der Waals surface area contributed by atoms with Crippen LogP contribution in [0.15, 0.2) is 53.5 Å². The summed E-state index contributed by atoms with van der Waals surface area (Å²) in [5.74, 6) is 0. The number of hydrogen-bond donors (Lipinski definition) is 0. The molecule has 1 unspecified atom stereocenters. The van der Waals surface area contributed by atoms with E-state index < -0.39 is 15.1 Å². The molecule has 0 N–H and O–H groups in total. The first-order valence-corrected chi connectivity index (χ1v) is 8.46. The van der Waals surface area contributed by atoms with E-state index in [0.717, 1.165) is 12.1 Å². The Hall–Kier alpha value is -1.72. The van der Waals surface area contributed by atoms with E-state index in [1.54, 1.807) is 6.07 Å². The van der Waals surface area contributed by atoms with E-state index in [2.05, 4.69) is 24.1 Å². The third kappa shape index (κ3) is 2.66. The Morgan fingerprint density at radius 3 is 2.68 bits per heavy atom. The van der Waals surface area contributed by atoms with Gasteiger partial charge in [-0.1, -0.05) is 42.8 Å². The lowest BCUT2D eigenvalue weighted by atomic mass is 9.80. The van der Waals surface area contributed by atoms with Crippen LogP contribution in [-0.4, -0.2) is 13.4 Å². The van der Waals surface area contributed by atoms with Crippen LogP contribution in [0.5, 0.6) is 0 Å². The van der Waals surface area contributed by atoms with Crippen molar-refractivity contribution in [2.24, 2.45) is 0 Å². The van der Waals surface area contributed by atoms with Gasteiger partial charge in [-0.15, -0.1) is 3.89 Å². The second-order valence-electron chi connectivity index (χ2n) is 5.51. The summed E-state index contributed by atoms with van der Waals surface area (Å²) in [5, 5.41) is 0.776. The Bertz CT molecular complexity index is 921. The van der Waals surface area contributed by atoms with Gasteiger partial charge < -0.3 is 0 Å². The summed E-state index contributed by atoms with van der Waals surface area (Å²) in [6.07, 6.45) is 8.84. The van der Waals surface area contributed by atoms with E-state index in [4.69, 9.17) is 11.6 Å². The third-order valence-electron chi connectivity index (χ3n) is 3.85. The first kappa shape index (κ1) is 15.2. The Labute approximate surface area is 133 Å². The van der Waals surface area contributed by atoms with Gasteiger partial charge in [0.2, 0.25) is 0 Å². The van der Waals surface area contributed by atoms with Crippen LogP contribution in [0, 0.1) is 0 Å². The van der Waals surface area contributed by atoms with Crippen LogP contribution < -0.4 is 0 Å². The maximum absolute atomic E-state index is 13.1. The molecule has 0 amide bonds. The van der Waals surface area contributed by atoms with Crippen molar-refractivity contribution in [3.05, 3.63) is 59.3 Å². The van der Waals surface area contributed by atoms with E-state index in [1.807, 2.05) is 12.2 Å². The van der Waals surface area contributed by atoms with E-state index in [9.17, 15) is 12.3 Å². The molecule has 1 aliphatic rings. The molecule has 3 rings (SSSR count). The molecule has 22 heavy (non-hydrogen) atoms. The Morgan fingerprint density at radius 2 is 2.05 bits per heavy atom. The quantitative estimate of drug-likeness (QED) is 0.767. The molecule has 6 heteroatoms. The summed E-state index contributed by atoms with van der Waals surface area (Å²) in [4.78, 5) is 4.15. The summed E-state index contributed by atoms with van der Waals surface area (Å²) in [5.41, 5.74) is 1.07. The SMILES string of the molecule is CC1(c2cc(Cl)c3cc(S(=O)(=O)F)ccc3n2)C=CC=CC1. The fourth-order valence-corrected chi connectivity index (χ4v) is 3.27. The highest BCUT2D eigenvalue weighted by Gasteiger charge is 2.26. The summed E-state index contributed by atoms with van der Waals surface area (Å²) in [6, 6.07) is 5.59. The normalized spacial score (nSPS) is 21.4. The van der Waals surface area contributed by atoms with Gasteiger partial charge in [0, 0.05) is 10.8 Å². The van der Waals surface area contributed by atoms with Crippen LogP contribution in [0.2, 0.25) is 5.02 Å². The van der Waals surface area contributed by atoms with E-state index in [-0.39, 0.29) is 5.41 Å². The van der Waals surface area contributed by atoms with Crippen LogP contribution in [-0.2, 0) is 15.6 Å². The molecule has 0 radical (unpaired) electrons. The number of nitrogens with zero attached hydrogens (tertiary/aromatic N) is 1. The van der Waals surface area contributed by atoms with Crippen molar-refractivity contribution in [3.63, 3.8) is 0 Å². The molecule has 1 aromatic heterocycles. The van der Waals surface area contributed by atoms with Crippen LogP contribution >= 0.6 is 11.6 Å². The second kappa shape index (κ2) is 5.18. The lowest BCUT2D eigenvalue weighted by Crippen LogP contribution is -2.21. The monoisotopic (exact) mass is 337 g/mol. The Kier molecular flexibility index (Phi) is 3.57. The van der Waals surface area contributed by atoms with Gasteiger partial charge in [-0.05, 0) is 30.7 Å². The molecule has 1 atom stereocenters. The third-order valence-corrected chi connectivity index (χ3v) is 4.98. The number of benzene rings is 1. The zero-order valence-electron chi connectivity index (χ0n) is 11.8. The largest absolute Gasteiger partial charge is 0.332 e. The smallest absolute Gasteiger partial charge is 0.252 e. The first-order valence-electron chi connectivity index (χ1n) is 6.69. The van der Waals surface area contributed by atoms with Crippen molar-refractivity contribution in [2.75, 3.05) is 0 Å². The lowest BCUT2D eigenvalue weighted by Gasteiger charge is -2.26. The molecule has 1 heterocycles. The van der Waals surface area contributed by atoms with Crippen LogP contribution in [0.3, 0.4) is 0 Å². The first-order chi connectivity index (χ1) is 10.3. The zero-order valence-corrected chi connectivity index (χ0v) is 13.3. The predicted octanol–water partition coefficient (Wildman–Crippen LogP) is 4.32. The molecule has 114 valence electrons. The van der Waals surface area contributed by atoms with Crippen molar-refractivity contribution < 1.29 is 12.3 Å². The molecule has 0 saturated heterocycles. The number of halogens is 2. The van der Waals surface area contributed by atoms with E-state index >= 15 is 0 Å². The van der Waals surface area contributed by atoms with Crippen molar-refractivity contribution in [1.82, 2.24) is 4.98 Å². The summed E-state index contributed by atoms with van der Waals surface area (Å²) >= 11 is 6.27. The highest BCUT2D eigenvalue weighted by molar-refractivity contribution is 7.86. The van der Waals surface area contributed by atoms with Crippen LogP contribution in [0.1, 0.15) is 19.0 Å². The van der Waals surface area contributed by atoms with Crippen LogP contribution in [0.25, 0.3) is 10.9 Å². The fraction of sp³-hybridized carbons (Fsp3) is 0.188. The highest BCUT2D eigenvalue weighted by Crippen LogP contribution is 2.35. The second-order valence-corrected chi connectivity index (χ2v) is 7.27. The number of pyridine rings is 1. The topological polar surface area (TPSA) is 47.0 Å². The van der Waals surface area contributed by atoms with E-state index in [0.29, 0.717) is 15.9 Å². The minimum Gasteiger partial charge on any atom is -0.252 e. The standard InChI is InChI=1S/C16H13ClFNO2S/c1-16(7-3-2-4-8-16)15-10-13(17)12-9-11(22(18,20)21)5-6-14(12)19-15/h2-7,9-10H,8H2,1H3. The highest BCUT2D eigenvalue weighted by atomic mass is 35.5. The van der Waals surface area contributed by atoms with Gasteiger partial charge in [-0.2, -0.15) is 8.42 Å². The molecular formula is C16H13ClFNO2S. The Morgan fingerprint density at radius 1 is 1.27 bits per heavy atom. The summed E-state index contributed by atoms with van der Waals surface area (Å²) in [7, 11) is -4.76. The molecule has 0 bridgehead atoms. The molecule has 0 spiro atoms. The lowest BCUT2D eigenvalue weighted by molar-refractivity contribution is 0.552. The van der Waals surface area contributed by atoms with E-state index in [1.165, 1.54) is 18.2 Å². The van der Waals surface area contributed by atoms with Gasteiger partial charge in [0.05, 0.1) is 21.1 Å². The number of fused-ring (bicyclic) bond motifs is 1. The van der Waals surface area contributed by atoms with Crippen molar-refractivity contribution >= 4 is 32.7 Å². The van der Waals surface area contributed by atoms with Gasteiger partial charge in [-0.3, -0.25) is 4.98 Å². The predicted molar refractivity (Wildman–Crippen MR) is 85.3 cm³/mol. The van der Waals surface area contributed by atoms with Gasteiger partial charge in [0.25, 0.3) is 0 Å². The number of aromatic nitrogens is 1. The number of rotatable bonds is 2.